The molecule has 0 unspecified atom stereocenters. The molecule has 3 N–H and O–H groups in total. The molecule has 6 atom stereocenters. The predicted octanol–water partition coefficient (Wildman–Crippen LogP) is 8.57. The van der Waals surface area contributed by atoms with E-state index in [0.717, 1.165) is 64.1 Å². The number of aromatic amines is 2. The number of hydrogen-bond acceptors (Lipinski definition) is 5. The van der Waals surface area contributed by atoms with E-state index < -0.39 is 0 Å². The molecule has 6 aromatic rings. The van der Waals surface area contributed by atoms with Gasteiger partial charge in [-0.1, -0.05) is 78.9 Å². The molecule has 0 spiro atoms. The van der Waals surface area contributed by atoms with Crippen molar-refractivity contribution in [1.82, 2.24) is 30.2 Å². The van der Waals surface area contributed by atoms with Crippen LogP contribution in [0.4, 0.5) is 4.79 Å². The normalized spacial score (nSPS) is 25.2. The van der Waals surface area contributed by atoms with Crippen molar-refractivity contribution in [2.45, 2.75) is 62.9 Å². The second kappa shape index (κ2) is 11.4. The van der Waals surface area contributed by atoms with Gasteiger partial charge in [0, 0.05) is 17.6 Å². The number of imidazole rings is 2. The number of fused-ring (bicyclic) bond motifs is 3. The molecule has 2 saturated heterocycles. The standard InChI is InChI=1S/C41H38N6O2/c48-41(49-23-24-4-2-1-3-5-24)47-37-19-32(37)20-38(47)40-43-21-35(46-40)26-8-6-25(7-9-26)27-10-11-29-17-30(13-12-28(29)16-27)36-22-42-39(45-36)34-18-31-14-15-33(31)44-34/h1-13,16-17,21-22,31-34,37-38,44H,14-15,18-20,23H2,(H,42,45)(H,43,46)/t31-,32-,33-,34+,37-,38+/m1/s1. The number of carbonyl (C=O) groups is 1. The maximum atomic E-state index is 13.2. The lowest BCUT2D eigenvalue weighted by molar-refractivity contribution is 0.0833. The fourth-order valence-corrected chi connectivity index (χ4v) is 8.40. The van der Waals surface area contributed by atoms with E-state index in [9.17, 15) is 4.79 Å². The molecule has 2 aliphatic heterocycles. The number of nitrogens with zero attached hydrogens (tertiary/aromatic N) is 3. The number of amides is 1. The Morgan fingerprint density at radius 1 is 0.714 bits per heavy atom. The monoisotopic (exact) mass is 646 g/mol. The molecule has 1 amide bonds. The lowest BCUT2D eigenvalue weighted by Gasteiger charge is -2.29. The quantitative estimate of drug-likeness (QED) is 0.161. The molecular weight excluding hydrogens is 608 g/mol. The second-order valence-corrected chi connectivity index (χ2v) is 14.4. The Morgan fingerprint density at radius 2 is 1.41 bits per heavy atom. The molecule has 2 saturated carbocycles. The summed E-state index contributed by atoms with van der Waals surface area (Å²) in [6.45, 7) is 0.277. The van der Waals surface area contributed by atoms with Crippen molar-refractivity contribution in [1.29, 1.82) is 0 Å². The summed E-state index contributed by atoms with van der Waals surface area (Å²) in [6.07, 6.45) is 9.40. The number of nitrogens with one attached hydrogen (secondary N) is 3. The van der Waals surface area contributed by atoms with Gasteiger partial charge in [0.15, 0.2) is 0 Å². The summed E-state index contributed by atoms with van der Waals surface area (Å²) in [5, 5.41) is 6.16. The van der Waals surface area contributed by atoms with Crippen molar-refractivity contribution >= 4 is 16.9 Å². The van der Waals surface area contributed by atoms with E-state index in [1.807, 2.05) is 47.6 Å². The molecule has 244 valence electrons. The molecular formula is C41H38N6O2. The van der Waals surface area contributed by atoms with E-state index in [-0.39, 0.29) is 24.8 Å². The topological polar surface area (TPSA) is 98.9 Å². The largest absolute Gasteiger partial charge is 0.445 e. The molecule has 0 radical (unpaired) electrons. The highest BCUT2D eigenvalue weighted by molar-refractivity contribution is 5.90. The molecule has 8 heteroatoms. The summed E-state index contributed by atoms with van der Waals surface area (Å²) in [5.74, 6) is 3.24. The Kier molecular flexibility index (Phi) is 6.72. The van der Waals surface area contributed by atoms with Crippen LogP contribution >= 0.6 is 0 Å². The van der Waals surface area contributed by atoms with E-state index >= 15 is 0 Å². The highest BCUT2D eigenvalue weighted by Crippen LogP contribution is 2.53. The van der Waals surface area contributed by atoms with E-state index in [4.69, 9.17) is 14.7 Å². The Morgan fingerprint density at radius 3 is 2.16 bits per heavy atom. The number of rotatable bonds is 7. The lowest BCUT2D eigenvalue weighted by atomic mass is 9.80. The SMILES string of the molecule is O=C(OCc1ccccc1)N1[C@@H]2C[C@@H]2C[C@H]1c1ncc(-c2ccc(-c3ccc4cc(-c5cnc([C@@H]6C[C@H]7CC[C@H]7N6)[nH]5)ccc4c3)cc2)[nH]1. The number of piperidine rings is 1. The molecule has 8 nitrogen and oxygen atoms in total. The summed E-state index contributed by atoms with van der Waals surface area (Å²) in [6, 6.07) is 32.9. The average molecular weight is 647 g/mol. The molecule has 10 rings (SSSR count). The summed E-state index contributed by atoms with van der Waals surface area (Å²) in [4.78, 5) is 31.7. The van der Waals surface area contributed by atoms with Crippen LogP contribution in [0.25, 0.3) is 44.4 Å². The zero-order valence-electron chi connectivity index (χ0n) is 27.2. The first kappa shape index (κ1) is 28.8. The fourth-order valence-electron chi connectivity index (χ4n) is 8.40. The molecule has 4 heterocycles. The summed E-state index contributed by atoms with van der Waals surface area (Å²) in [7, 11) is 0. The molecule has 2 aliphatic carbocycles. The van der Waals surface area contributed by atoms with E-state index in [1.165, 1.54) is 35.6 Å². The van der Waals surface area contributed by atoms with Gasteiger partial charge in [-0.3, -0.25) is 4.90 Å². The first-order chi connectivity index (χ1) is 24.1. The van der Waals surface area contributed by atoms with Crippen molar-refractivity contribution < 1.29 is 9.53 Å². The van der Waals surface area contributed by atoms with Crippen LogP contribution in [0.15, 0.2) is 103 Å². The van der Waals surface area contributed by atoms with Crippen molar-refractivity contribution in [2.75, 3.05) is 0 Å². The van der Waals surface area contributed by atoms with E-state index in [0.29, 0.717) is 18.0 Å². The molecule has 0 bridgehead atoms. The number of aromatic nitrogens is 4. The third-order valence-electron chi connectivity index (χ3n) is 11.4. The average Bonchev–Trinajstić information content (AvgIpc) is 3.58. The van der Waals surface area contributed by atoms with Gasteiger partial charge in [0.05, 0.1) is 35.9 Å². The van der Waals surface area contributed by atoms with Gasteiger partial charge in [-0.2, -0.15) is 0 Å². The van der Waals surface area contributed by atoms with Crippen LogP contribution in [-0.2, 0) is 11.3 Å². The van der Waals surface area contributed by atoms with Gasteiger partial charge >= 0.3 is 6.09 Å². The molecule has 2 aromatic heterocycles. The van der Waals surface area contributed by atoms with Crippen LogP contribution in [0.5, 0.6) is 0 Å². The molecule has 4 aliphatic rings. The first-order valence-electron chi connectivity index (χ1n) is 17.6. The molecule has 4 fully saturated rings. The van der Waals surface area contributed by atoms with Gasteiger partial charge in [0.2, 0.25) is 0 Å². The Bertz CT molecular complexity index is 2160. The zero-order chi connectivity index (χ0) is 32.5. The van der Waals surface area contributed by atoms with Crippen LogP contribution in [0.2, 0.25) is 0 Å². The van der Waals surface area contributed by atoms with E-state index in [1.54, 1.807) is 0 Å². The Labute approximate surface area is 285 Å². The Hall–Kier alpha value is -5.21. The number of hydrogen-bond donors (Lipinski definition) is 3. The van der Waals surface area contributed by atoms with Gasteiger partial charge < -0.3 is 20.0 Å². The van der Waals surface area contributed by atoms with Gasteiger partial charge in [0.25, 0.3) is 0 Å². The smallest absolute Gasteiger partial charge is 0.410 e. The van der Waals surface area contributed by atoms with Gasteiger partial charge in [-0.05, 0) is 89.1 Å². The van der Waals surface area contributed by atoms with Crippen LogP contribution in [0.3, 0.4) is 0 Å². The maximum absolute atomic E-state index is 13.2. The molecule has 4 aromatic carbocycles. The van der Waals surface area contributed by atoms with Crippen molar-refractivity contribution in [2.24, 2.45) is 11.8 Å². The number of likely N-dealkylation sites (tertiary alicyclic amines) is 1. The summed E-state index contributed by atoms with van der Waals surface area (Å²) in [5.41, 5.74) is 7.57. The first-order valence-corrected chi connectivity index (χ1v) is 17.6. The lowest BCUT2D eigenvalue weighted by Crippen LogP contribution is -2.35. The van der Waals surface area contributed by atoms with Crippen LogP contribution in [0, 0.1) is 11.8 Å². The third kappa shape index (κ3) is 5.22. The fraction of sp³-hybridized carbons (Fsp3) is 0.293. The highest BCUT2D eigenvalue weighted by atomic mass is 16.6. The maximum Gasteiger partial charge on any atom is 0.410 e. The second-order valence-electron chi connectivity index (χ2n) is 14.4. The minimum absolute atomic E-state index is 0.0899. The zero-order valence-corrected chi connectivity index (χ0v) is 27.2. The number of H-pyrrole nitrogens is 2. The van der Waals surface area contributed by atoms with Gasteiger partial charge in [-0.25, -0.2) is 14.8 Å². The number of ether oxygens (including phenoxy) is 1. The number of benzene rings is 4. The van der Waals surface area contributed by atoms with Crippen LogP contribution in [0.1, 0.15) is 61.4 Å². The van der Waals surface area contributed by atoms with Crippen molar-refractivity contribution in [3.63, 3.8) is 0 Å². The number of carbonyl (C=O) groups excluding carboxylic acids is 1. The highest BCUT2D eigenvalue weighted by Gasteiger charge is 2.56. The predicted molar refractivity (Wildman–Crippen MR) is 189 cm³/mol. The summed E-state index contributed by atoms with van der Waals surface area (Å²) >= 11 is 0. The van der Waals surface area contributed by atoms with E-state index in [2.05, 4.69) is 75.9 Å². The summed E-state index contributed by atoms with van der Waals surface area (Å²) < 4.78 is 5.73. The van der Waals surface area contributed by atoms with Crippen LogP contribution in [-0.4, -0.2) is 43.0 Å². The molecule has 49 heavy (non-hydrogen) atoms. The Balaban J connectivity index is 0.825. The third-order valence-corrected chi connectivity index (χ3v) is 11.4. The van der Waals surface area contributed by atoms with Gasteiger partial charge in [-0.15, -0.1) is 0 Å². The van der Waals surface area contributed by atoms with Crippen molar-refractivity contribution in [3.8, 4) is 33.6 Å². The van der Waals surface area contributed by atoms with Crippen LogP contribution < -0.4 is 5.32 Å². The van der Waals surface area contributed by atoms with Crippen molar-refractivity contribution in [3.05, 3.63) is 121 Å². The minimum atomic E-state index is -0.258. The minimum Gasteiger partial charge on any atom is -0.445 e. The van der Waals surface area contributed by atoms with Gasteiger partial charge in [0.1, 0.15) is 18.3 Å².